The second kappa shape index (κ2) is 9.85. The minimum Gasteiger partial charge on any atom is -0.492 e. The minimum atomic E-state index is -0.322. The van der Waals surface area contributed by atoms with Gasteiger partial charge in [-0.2, -0.15) is 4.98 Å². The van der Waals surface area contributed by atoms with Crippen molar-refractivity contribution in [3.63, 3.8) is 0 Å². The van der Waals surface area contributed by atoms with E-state index in [4.69, 9.17) is 20.9 Å². The fraction of sp³-hybridized carbons (Fsp3) is 0.250. The summed E-state index contributed by atoms with van der Waals surface area (Å²) in [5.41, 5.74) is 0.676. The lowest BCUT2D eigenvalue weighted by Crippen LogP contribution is -2.27. The van der Waals surface area contributed by atoms with E-state index in [1.807, 2.05) is 0 Å². The van der Waals surface area contributed by atoms with Gasteiger partial charge in [-0.15, -0.1) is 0 Å². The van der Waals surface area contributed by atoms with Gasteiger partial charge >= 0.3 is 0 Å². The second-order valence-electron chi connectivity index (χ2n) is 6.02. The molecule has 0 aliphatic heterocycles. The highest BCUT2D eigenvalue weighted by Crippen LogP contribution is 2.17. The van der Waals surface area contributed by atoms with Gasteiger partial charge in [0.15, 0.2) is 0 Å². The molecule has 1 amide bonds. The molecule has 6 nitrogen and oxygen atoms in total. The maximum absolute atomic E-state index is 12.9. The summed E-state index contributed by atoms with van der Waals surface area (Å²) >= 11 is 5.80. The molecule has 2 aromatic carbocycles. The fourth-order valence-electron chi connectivity index (χ4n) is 2.45. The molecule has 28 heavy (non-hydrogen) atoms. The van der Waals surface area contributed by atoms with Gasteiger partial charge in [0.1, 0.15) is 18.2 Å². The van der Waals surface area contributed by atoms with Gasteiger partial charge < -0.3 is 14.6 Å². The molecule has 1 aromatic heterocycles. The number of ether oxygens (including phenoxy) is 1. The molecule has 0 spiro atoms. The van der Waals surface area contributed by atoms with E-state index < -0.39 is 0 Å². The number of carbonyl (C=O) groups excluding carboxylic acids is 1. The van der Waals surface area contributed by atoms with Crippen molar-refractivity contribution in [3.8, 4) is 17.1 Å². The Morgan fingerprint density at radius 1 is 1.14 bits per heavy atom. The number of rotatable bonds is 9. The topological polar surface area (TPSA) is 77.2 Å². The van der Waals surface area contributed by atoms with Gasteiger partial charge in [0.25, 0.3) is 0 Å². The monoisotopic (exact) mass is 403 g/mol. The first-order chi connectivity index (χ1) is 13.6. The Balaban J connectivity index is 1.33. The predicted molar refractivity (Wildman–Crippen MR) is 103 cm³/mol. The fourth-order valence-corrected chi connectivity index (χ4v) is 2.58. The van der Waals surface area contributed by atoms with Crippen molar-refractivity contribution >= 4 is 17.5 Å². The average Bonchev–Trinajstić information content (AvgIpc) is 3.16. The predicted octanol–water partition coefficient (Wildman–Crippen LogP) is 4.05. The number of nitrogens with one attached hydrogen (secondary N) is 1. The average molecular weight is 404 g/mol. The largest absolute Gasteiger partial charge is 0.492 e. The number of hydrogen-bond acceptors (Lipinski definition) is 5. The maximum Gasteiger partial charge on any atom is 0.226 e. The van der Waals surface area contributed by atoms with Crippen LogP contribution in [-0.4, -0.2) is 29.2 Å². The molecule has 3 aromatic rings. The van der Waals surface area contributed by atoms with E-state index in [9.17, 15) is 9.18 Å². The summed E-state index contributed by atoms with van der Waals surface area (Å²) in [5.74, 6) is 1.15. The molecule has 1 heterocycles. The molecule has 3 rings (SSSR count). The first kappa shape index (κ1) is 19.8. The van der Waals surface area contributed by atoms with Gasteiger partial charge in [0.2, 0.25) is 17.6 Å². The van der Waals surface area contributed by atoms with Crippen LogP contribution in [0.4, 0.5) is 4.39 Å². The van der Waals surface area contributed by atoms with E-state index in [1.54, 1.807) is 36.4 Å². The molecular weight excluding hydrogens is 385 g/mol. The highest BCUT2D eigenvalue weighted by Gasteiger charge is 2.09. The standard InChI is InChI=1S/C20H19ClFN3O3/c21-15-6-10-17(11-7-15)27-13-12-23-18(26)2-1-3-19-24-20(25-28-19)14-4-8-16(22)9-5-14/h4-11H,1-3,12-13H2,(H,23,26). The molecule has 1 N–H and O–H groups in total. The van der Waals surface area contributed by atoms with Crippen molar-refractivity contribution in [1.29, 1.82) is 0 Å². The summed E-state index contributed by atoms with van der Waals surface area (Å²) in [6, 6.07) is 12.9. The number of carbonyl (C=O) groups is 1. The maximum atomic E-state index is 12.9. The van der Waals surface area contributed by atoms with Crippen LogP contribution in [0, 0.1) is 5.82 Å². The van der Waals surface area contributed by atoms with Crippen LogP contribution in [0.25, 0.3) is 11.4 Å². The number of nitrogens with zero attached hydrogens (tertiary/aromatic N) is 2. The highest BCUT2D eigenvalue weighted by atomic mass is 35.5. The van der Waals surface area contributed by atoms with Crippen molar-refractivity contribution in [3.05, 3.63) is 65.3 Å². The number of benzene rings is 2. The van der Waals surface area contributed by atoms with Gasteiger partial charge in [0, 0.05) is 23.4 Å². The first-order valence-electron chi connectivity index (χ1n) is 8.84. The second-order valence-corrected chi connectivity index (χ2v) is 6.46. The molecule has 0 atom stereocenters. The molecule has 0 radical (unpaired) electrons. The van der Waals surface area contributed by atoms with E-state index in [0.29, 0.717) is 60.5 Å². The normalized spacial score (nSPS) is 10.6. The molecule has 0 unspecified atom stereocenters. The molecule has 146 valence electrons. The van der Waals surface area contributed by atoms with E-state index in [2.05, 4.69) is 15.5 Å². The molecule has 0 aliphatic rings. The number of aryl methyl sites for hydroxylation is 1. The Bertz CT molecular complexity index is 898. The van der Waals surface area contributed by atoms with E-state index >= 15 is 0 Å². The van der Waals surface area contributed by atoms with Crippen molar-refractivity contribution in [1.82, 2.24) is 15.5 Å². The first-order valence-corrected chi connectivity index (χ1v) is 9.21. The summed E-state index contributed by atoms with van der Waals surface area (Å²) in [5, 5.41) is 7.31. The van der Waals surface area contributed by atoms with Gasteiger partial charge in [-0.05, 0) is 55.0 Å². The SMILES string of the molecule is O=C(CCCc1nc(-c2ccc(F)cc2)no1)NCCOc1ccc(Cl)cc1. The van der Waals surface area contributed by atoms with Gasteiger partial charge in [-0.25, -0.2) is 4.39 Å². The van der Waals surface area contributed by atoms with Crippen LogP contribution in [0.3, 0.4) is 0 Å². The van der Waals surface area contributed by atoms with E-state index in [0.717, 1.165) is 0 Å². The Morgan fingerprint density at radius 3 is 2.64 bits per heavy atom. The van der Waals surface area contributed by atoms with E-state index in [-0.39, 0.29) is 11.7 Å². The third-order valence-corrected chi connectivity index (χ3v) is 4.12. The van der Waals surface area contributed by atoms with Crippen LogP contribution in [0.5, 0.6) is 5.75 Å². The zero-order valence-corrected chi connectivity index (χ0v) is 15.8. The van der Waals surface area contributed by atoms with Crippen LogP contribution in [0.15, 0.2) is 53.1 Å². The van der Waals surface area contributed by atoms with Crippen LogP contribution < -0.4 is 10.1 Å². The quantitative estimate of drug-likeness (QED) is 0.545. The summed E-state index contributed by atoms with van der Waals surface area (Å²) in [6.07, 6.45) is 1.41. The zero-order chi connectivity index (χ0) is 19.8. The number of hydrogen-bond donors (Lipinski definition) is 1. The summed E-state index contributed by atoms with van der Waals surface area (Å²) in [7, 11) is 0. The van der Waals surface area contributed by atoms with Gasteiger partial charge in [-0.1, -0.05) is 16.8 Å². The molecule has 0 saturated carbocycles. The molecule has 0 bridgehead atoms. The number of aromatic nitrogens is 2. The molecule has 0 saturated heterocycles. The summed E-state index contributed by atoms with van der Waals surface area (Å²) in [4.78, 5) is 16.1. The molecule has 0 aliphatic carbocycles. The Kier molecular flexibility index (Phi) is 6.97. The molecule has 8 heteroatoms. The van der Waals surface area contributed by atoms with Crippen LogP contribution >= 0.6 is 11.6 Å². The van der Waals surface area contributed by atoms with Crippen molar-refractivity contribution in [2.75, 3.05) is 13.2 Å². The minimum absolute atomic E-state index is 0.0713. The van der Waals surface area contributed by atoms with Gasteiger partial charge in [0.05, 0.1) is 6.54 Å². The highest BCUT2D eigenvalue weighted by molar-refractivity contribution is 6.30. The summed E-state index contributed by atoms with van der Waals surface area (Å²) in [6.45, 7) is 0.787. The summed E-state index contributed by atoms with van der Waals surface area (Å²) < 4.78 is 23.6. The lowest BCUT2D eigenvalue weighted by atomic mass is 10.2. The van der Waals surface area contributed by atoms with Crippen molar-refractivity contribution in [2.45, 2.75) is 19.3 Å². The number of amides is 1. The third kappa shape index (κ3) is 6.06. The van der Waals surface area contributed by atoms with E-state index in [1.165, 1.54) is 12.1 Å². The molecule has 0 fully saturated rings. The third-order valence-electron chi connectivity index (χ3n) is 3.87. The lowest BCUT2D eigenvalue weighted by molar-refractivity contribution is -0.121. The van der Waals surface area contributed by atoms with Crippen LogP contribution in [0.2, 0.25) is 5.02 Å². The lowest BCUT2D eigenvalue weighted by Gasteiger charge is -2.07. The van der Waals surface area contributed by atoms with Crippen molar-refractivity contribution in [2.24, 2.45) is 0 Å². The smallest absolute Gasteiger partial charge is 0.226 e. The Hall–Kier alpha value is -2.93. The van der Waals surface area contributed by atoms with Gasteiger partial charge in [-0.3, -0.25) is 4.79 Å². The van der Waals surface area contributed by atoms with Crippen LogP contribution in [-0.2, 0) is 11.2 Å². The molecular formula is C20H19ClFN3O3. The van der Waals surface area contributed by atoms with Crippen molar-refractivity contribution < 1.29 is 18.4 Å². The number of halogens is 2. The Labute approximate surface area is 166 Å². The zero-order valence-electron chi connectivity index (χ0n) is 15.0. The van der Waals surface area contributed by atoms with Crippen LogP contribution in [0.1, 0.15) is 18.7 Å². The Morgan fingerprint density at radius 2 is 1.89 bits per heavy atom.